The molecule has 6 nitrogen and oxygen atoms in total. The standard InChI is InChI=1S/C15H17N3O3/c1-21-10-9-17-7-5-11-12(17)3-2-4-13(11)18-8-6-14(19)16-15(18)20/h2-5,7H,6,8-10H2,1H3,(H,16,19,20). The molecule has 110 valence electrons. The Balaban J connectivity index is 1.97. The Bertz CT molecular complexity index is 693. The summed E-state index contributed by atoms with van der Waals surface area (Å²) in [6.07, 6.45) is 2.31. The van der Waals surface area contributed by atoms with E-state index in [0.717, 1.165) is 23.1 Å². The van der Waals surface area contributed by atoms with Crippen molar-refractivity contribution in [3.63, 3.8) is 0 Å². The van der Waals surface area contributed by atoms with Crippen LogP contribution in [0.3, 0.4) is 0 Å². The van der Waals surface area contributed by atoms with Crippen LogP contribution in [0.4, 0.5) is 10.5 Å². The number of nitrogens with zero attached hydrogens (tertiary/aromatic N) is 2. The Morgan fingerprint density at radius 2 is 2.14 bits per heavy atom. The third-order valence-corrected chi connectivity index (χ3v) is 3.67. The van der Waals surface area contributed by atoms with E-state index in [9.17, 15) is 9.59 Å². The number of carbonyl (C=O) groups excluding carboxylic acids is 2. The van der Waals surface area contributed by atoms with Gasteiger partial charge in [0.2, 0.25) is 5.91 Å². The van der Waals surface area contributed by atoms with Gasteiger partial charge in [0.05, 0.1) is 17.8 Å². The highest BCUT2D eigenvalue weighted by atomic mass is 16.5. The number of hydrogen-bond acceptors (Lipinski definition) is 3. The summed E-state index contributed by atoms with van der Waals surface area (Å²) >= 11 is 0. The van der Waals surface area contributed by atoms with E-state index in [1.807, 2.05) is 30.5 Å². The zero-order valence-corrected chi connectivity index (χ0v) is 11.8. The highest BCUT2D eigenvalue weighted by Crippen LogP contribution is 2.28. The molecule has 1 aliphatic rings. The summed E-state index contributed by atoms with van der Waals surface area (Å²) in [5, 5.41) is 3.35. The number of imide groups is 1. The molecule has 1 saturated heterocycles. The monoisotopic (exact) mass is 287 g/mol. The van der Waals surface area contributed by atoms with E-state index in [0.29, 0.717) is 19.6 Å². The molecule has 1 aliphatic heterocycles. The molecule has 1 aromatic carbocycles. The maximum absolute atomic E-state index is 12.0. The molecule has 0 radical (unpaired) electrons. The van der Waals surface area contributed by atoms with Crippen LogP contribution < -0.4 is 10.2 Å². The molecule has 1 fully saturated rings. The summed E-state index contributed by atoms with van der Waals surface area (Å²) in [4.78, 5) is 24.9. The summed E-state index contributed by atoms with van der Waals surface area (Å²) in [6, 6.07) is 7.47. The van der Waals surface area contributed by atoms with Gasteiger partial charge in [0.25, 0.3) is 0 Å². The fourth-order valence-corrected chi connectivity index (χ4v) is 2.62. The number of rotatable bonds is 4. The molecule has 6 heteroatoms. The largest absolute Gasteiger partial charge is 0.383 e. The number of hydrogen-bond donors (Lipinski definition) is 1. The number of benzene rings is 1. The SMILES string of the molecule is COCCn1ccc2c(N3CCC(=O)NC3=O)cccc21. The lowest BCUT2D eigenvalue weighted by molar-refractivity contribution is -0.120. The maximum Gasteiger partial charge on any atom is 0.328 e. The Morgan fingerprint density at radius 3 is 2.90 bits per heavy atom. The van der Waals surface area contributed by atoms with Crippen LogP contribution in [-0.2, 0) is 16.1 Å². The van der Waals surface area contributed by atoms with Gasteiger partial charge in [0.1, 0.15) is 0 Å². The lowest BCUT2D eigenvalue weighted by Crippen LogP contribution is -2.49. The van der Waals surface area contributed by atoms with Crippen molar-refractivity contribution >= 4 is 28.5 Å². The Morgan fingerprint density at radius 1 is 1.29 bits per heavy atom. The summed E-state index contributed by atoms with van der Waals surface area (Å²) in [7, 11) is 1.67. The summed E-state index contributed by atoms with van der Waals surface area (Å²) in [6.45, 7) is 1.80. The number of methoxy groups -OCH3 is 1. The first-order valence-corrected chi connectivity index (χ1v) is 6.89. The van der Waals surface area contributed by atoms with Crippen LogP contribution in [0, 0.1) is 0 Å². The van der Waals surface area contributed by atoms with Gasteiger partial charge in [0, 0.05) is 38.2 Å². The van der Waals surface area contributed by atoms with E-state index in [2.05, 4.69) is 9.88 Å². The van der Waals surface area contributed by atoms with E-state index >= 15 is 0 Å². The van der Waals surface area contributed by atoms with Gasteiger partial charge in [-0.15, -0.1) is 0 Å². The van der Waals surface area contributed by atoms with E-state index in [4.69, 9.17) is 4.74 Å². The number of anilines is 1. The van der Waals surface area contributed by atoms with Crippen molar-refractivity contribution in [3.05, 3.63) is 30.5 Å². The average Bonchev–Trinajstić information content (AvgIpc) is 2.88. The number of ether oxygens (including phenoxy) is 1. The Hall–Kier alpha value is -2.34. The predicted octanol–water partition coefficient (Wildman–Crippen LogP) is 1.73. The molecule has 0 saturated carbocycles. The Kier molecular flexibility index (Phi) is 3.62. The van der Waals surface area contributed by atoms with Crippen molar-refractivity contribution in [1.29, 1.82) is 0 Å². The van der Waals surface area contributed by atoms with Crippen molar-refractivity contribution < 1.29 is 14.3 Å². The minimum absolute atomic E-state index is 0.221. The molecule has 0 unspecified atom stereocenters. The number of nitrogens with one attached hydrogen (secondary N) is 1. The van der Waals surface area contributed by atoms with Gasteiger partial charge in [-0.2, -0.15) is 0 Å². The number of aromatic nitrogens is 1. The first kappa shape index (κ1) is 13.6. The summed E-state index contributed by atoms with van der Waals surface area (Å²) in [5.74, 6) is -0.221. The zero-order chi connectivity index (χ0) is 14.8. The van der Waals surface area contributed by atoms with E-state index < -0.39 is 0 Å². The normalized spacial score (nSPS) is 15.6. The quantitative estimate of drug-likeness (QED) is 0.931. The van der Waals surface area contributed by atoms with Crippen molar-refractivity contribution in [1.82, 2.24) is 9.88 Å². The molecule has 0 aliphatic carbocycles. The second-order valence-corrected chi connectivity index (χ2v) is 4.97. The fourth-order valence-electron chi connectivity index (χ4n) is 2.62. The summed E-state index contributed by atoms with van der Waals surface area (Å²) < 4.78 is 7.20. The Labute approximate surface area is 122 Å². The van der Waals surface area contributed by atoms with Gasteiger partial charge in [0.15, 0.2) is 0 Å². The topological polar surface area (TPSA) is 63.6 Å². The van der Waals surface area contributed by atoms with Gasteiger partial charge in [-0.1, -0.05) is 6.07 Å². The fraction of sp³-hybridized carbons (Fsp3) is 0.333. The average molecular weight is 287 g/mol. The molecule has 0 atom stereocenters. The third-order valence-electron chi connectivity index (χ3n) is 3.67. The molecule has 1 N–H and O–H groups in total. The number of amides is 3. The minimum Gasteiger partial charge on any atom is -0.383 e. The molecule has 3 rings (SSSR count). The molecular weight excluding hydrogens is 270 g/mol. The van der Waals surface area contributed by atoms with Crippen LogP contribution in [0.2, 0.25) is 0 Å². The van der Waals surface area contributed by atoms with Crippen LogP contribution in [0.25, 0.3) is 10.9 Å². The molecule has 1 aromatic heterocycles. The molecule has 0 bridgehead atoms. The van der Waals surface area contributed by atoms with Gasteiger partial charge in [-0.3, -0.25) is 15.0 Å². The van der Waals surface area contributed by atoms with Gasteiger partial charge < -0.3 is 9.30 Å². The van der Waals surface area contributed by atoms with Crippen LogP contribution in [0.1, 0.15) is 6.42 Å². The minimum atomic E-state index is -0.358. The first-order chi connectivity index (χ1) is 10.2. The van der Waals surface area contributed by atoms with Crippen LogP contribution >= 0.6 is 0 Å². The van der Waals surface area contributed by atoms with Gasteiger partial charge in [-0.05, 0) is 18.2 Å². The smallest absolute Gasteiger partial charge is 0.328 e. The van der Waals surface area contributed by atoms with Crippen LogP contribution in [-0.4, -0.2) is 36.8 Å². The maximum atomic E-state index is 12.0. The molecule has 3 amide bonds. The van der Waals surface area contributed by atoms with E-state index in [-0.39, 0.29) is 11.9 Å². The molecule has 21 heavy (non-hydrogen) atoms. The number of carbonyl (C=O) groups is 2. The lowest BCUT2D eigenvalue weighted by Gasteiger charge is -2.27. The first-order valence-electron chi connectivity index (χ1n) is 6.89. The zero-order valence-electron chi connectivity index (χ0n) is 11.8. The van der Waals surface area contributed by atoms with E-state index in [1.165, 1.54) is 0 Å². The van der Waals surface area contributed by atoms with E-state index in [1.54, 1.807) is 12.0 Å². The van der Waals surface area contributed by atoms with Crippen LogP contribution in [0.5, 0.6) is 0 Å². The predicted molar refractivity (Wildman–Crippen MR) is 79.3 cm³/mol. The lowest BCUT2D eigenvalue weighted by atomic mass is 10.1. The molecular formula is C15H17N3O3. The van der Waals surface area contributed by atoms with Crippen LogP contribution in [0.15, 0.2) is 30.5 Å². The number of fused-ring (bicyclic) bond motifs is 1. The second-order valence-electron chi connectivity index (χ2n) is 4.97. The van der Waals surface area contributed by atoms with Gasteiger partial charge in [-0.25, -0.2) is 4.79 Å². The highest BCUT2D eigenvalue weighted by molar-refractivity contribution is 6.09. The number of urea groups is 1. The summed E-state index contributed by atoms with van der Waals surface area (Å²) in [5.41, 5.74) is 1.88. The van der Waals surface area contributed by atoms with Crippen molar-refractivity contribution in [2.75, 3.05) is 25.2 Å². The molecule has 2 heterocycles. The van der Waals surface area contributed by atoms with Crippen molar-refractivity contribution in [2.24, 2.45) is 0 Å². The van der Waals surface area contributed by atoms with Gasteiger partial charge >= 0.3 is 6.03 Å². The third kappa shape index (κ3) is 2.50. The van der Waals surface area contributed by atoms with Crippen molar-refractivity contribution in [2.45, 2.75) is 13.0 Å². The molecule has 2 aromatic rings. The highest BCUT2D eigenvalue weighted by Gasteiger charge is 2.25. The van der Waals surface area contributed by atoms with Crippen molar-refractivity contribution in [3.8, 4) is 0 Å². The molecule has 0 spiro atoms. The second kappa shape index (κ2) is 5.57.